The monoisotopic (exact) mass is 368 g/mol. The Morgan fingerprint density at radius 2 is 1.67 bits per heavy atom. The molecule has 0 atom stereocenters. The third kappa shape index (κ3) is 4.35. The number of hydrogen-bond donors (Lipinski definition) is 2. The van der Waals surface area contributed by atoms with Crippen molar-refractivity contribution in [2.45, 2.75) is 46.0 Å². The summed E-state index contributed by atoms with van der Waals surface area (Å²) in [5.41, 5.74) is 4.16. The van der Waals surface area contributed by atoms with Crippen molar-refractivity contribution < 1.29 is 14.3 Å². The molecule has 2 N–H and O–H groups in total. The number of rotatable bonds is 7. The first-order chi connectivity index (χ1) is 13.0. The fraction of sp³-hybridized carbons (Fsp3) is 0.409. The van der Waals surface area contributed by atoms with Gasteiger partial charge in [0.15, 0.2) is 11.5 Å². The highest BCUT2D eigenvalue weighted by molar-refractivity contribution is 5.93. The van der Waals surface area contributed by atoms with Gasteiger partial charge in [0.2, 0.25) is 12.7 Å². The first kappa shape index (κ1) is 19.1. The van der Waals surface area contributed by atoms with Crippen LogP contribution >= 0.6 is 0 Å². The Morgan fingerprint density at radius 1 is 1.00 bits per heavy atom. The van der Waals surface area contributed by atoms with E-state index >= 15 is 0 Å². The lowest BCUT2D eigenvalue weighted by molar-refractivity contribution is -0.116. The minimum Gasteiger partial charge on any atom is -0.454 e. The molecule has 2 aromatic rings. The topological polar surface area (TPSA) is 59.6 Å². The van der Waals surface area contributed by atoms with Gasteiger partial charge in [-0.1, -0.05) is 52.0 Å². The van der Waals surface area contributed by atoms with Gasteiger partial charge in [0.05, 0.1) is 5.69 Å². The van der Waals surface area contributed by atoms with Crippen molar-refractivity contribution in [3.05, 3.63) is 47.5 Å². The number of amides is 1. The number of para-hydroxylation sites is 2. The first-order valence-electron chi connectivity index (χ1n) is 9.52. The SMILES string of the molecule is CC(C)c1cccc(C(C)C)c1NC(=O)CCNc1cccc2c1OCO2. The van der Waals surface area contributed by atoms with E-state index in [1.807, 2.05) is 18.2 Å². The summed E-state index contributed by atoms with van der Waals surface area (Å²) in [5, 5.41) is 6.42. The number of hydrogen-bond acceptors (Lipinski definition) is 4. The third-order valence-corrected chi connectivity index (χ3v) is 4.70. The molecule has 0 spiro atoms. The van der Waals surface area contributed by atoms with Gasteiger partial charge in [-0.2, -0.15) is 0 Å². The summed E-state index contributed by atoms with van der Waals surface area (Å²) < 4.78 is 10.9. The van der Waals surface area contributed by atoms with Crippen LogP contribution in [0.4, 0.5) is 11.4 Å². The molecule has 0 unspecified atom stereocenters. The van der Waals surface area contributed by atoms with E-state index < -0.39 is 0 Å². The van der Waals surface area contributed by atoms with E-state index in [0.717, 1.165) is 17.1 Å². The smallest absolute Gasteiger partial charge is 0.231 e. The van der Waals surface area contributed by atoms with Gasteiger partial charge in [0.1, 0.15) is 0 Å². The molecule has 144 valence electrons. The van der Waals surface area contributed by atoms with E-state index in [-0.39, 0.29) is 12.7 Å². The van der Waals surface area contributed by atoms with Crippen LogP contribution < -0.4 is 20.1 Å². The van der Waals surface area contributed by atoms with E-state index in [9.17, 15) is 4.79 Å². The Hall–Kier alpha value is -2.69. The predicted octanol–water partition coefficient (Wildman–Crippen LogP) is 5.10. The van der Waals surface area contributed by atoms with Crippen molar-refractivity contribution in [3.63, 3.8) is 0 Å². The van der Waals surface area contributed by atoms with Crippen molar-refractivity contribution in [2.24, 2.45) is 0 Å². The number of benzene rings is 2. The lowest BCUT2D eigenvalue weighted by atomic mass is 9.92. The molecule has 0 fully saturated rings. The van der Waals surface area contributed by atoms with Crippen LogP contribution in [-0.4, -0.2) is 19.2 Å². The molecule has 0 saturated carbocycles. The van der Waals surface area contributed by atoms with E-state index in [1.165, 1.54) is 11.1 Å². The van der Waals surface area contributed by atoms with Crippen molar-refractivity contribution in [3.8, 4) is 11.5 Å². The summed E-state index contributed by atoms with van der Waals surface area (Å²) in [4.78, 5) is 12.6. The van der Waals surface area contributed by atoms with Crippen LogP contribution in [0.3, 0.4) is 0 Å². The van der Waals surface area contributed by atoms with Gasteiger partial charge in [0, 0.05) is 18.7 Å². The van der Waals surface area contributed by atoms with E-state index in [1.54, 1.807) is 0 Å². The molecule has 0 aromatic heterocycles. The zero-order valence-corrected chi connectivity index (χ0v) is 16.5. The maximum Gasteiger partial charge on any atom is 0.231 e. The van der Waals surface area contributed by atoms with Gasteiger partial charge in [0.25, 0.3) is 0 Å². The molecule has 0 bridgehead atoms. The summed E-state index contributed by atoms with van der Waals surface area (Å²) in [7, 11) is 0. The van der Waals surface area contributed by atoms with Crippen molar-refractivity contribution in [1.82, 2.24) is 0 Å². The molecule has 1 heterocycles. The standard InChI is InChI=1S/C22H28N2O3/c1-14(2)16-7-5-8-17(15(3)4)21(16)24-20(25)11-12-23-18-9-6-10-19-22(18)27-13-26-19/h5-10,14-15,23H,11-13H2,1-4H3,(H,24,25). The minimum atomic E-state index is 0.00208. The van der Waals surface area contributed by atoms with Crippen LogP contribution in [0, 0.1) is 0 Å². The zero-order chi connectivity index (χ0) is 19.4. The molecule has 0 aliphatic carbocycles. The molecule has 1 aliphatic rings. The average molecular weight is 368 g/mol. The van der Waals surface area contributed by atoms with Crippen LogP contribution in [0.2, 0.25) is 0 Å². The Balaban J connectivity index is 1.64. The number of ether oxygens (including phenoxy) is 2. The zero-order valence-electron chi connectivity index (χ0n) is 16.5. The Kier molecular flexibility index (Phi) is 5.89. The molecule has 0 saturated heterocycles. The molecule has 2 aromatic carbocycles. The summed E-state index contributed by atoms with van der Waals surface area (Å²) in [5.74, 6) is 2.15. The van der Waals surface area contributed by atoms with Crippen LogP contribution in [0.5, 0.6) is 11.5 Å². The Labute approximate surface area is 161 Å². The number of fused-ring (bicyclic) bond motifs is 1. The van der Waals surface area contributed by atoms with E-state index in [2.05, 4.69) is 56.5 Å². The number of carbonyl (C=O) groups is 1. The quantitative estimate of drug-likeness (QED) is 0.713. The lowest BCUT2D eigenvalue weighted by Gasteiger charge is -2.20. The largest absolute Gasteiger partial charge is 0.454 e. The highest BCUT2D eigenvalue weighted by Crippen LogP contribution is 2.38. The maximum atomic E-state index is 12.6. The van der Waals surface area contributed by atoms with Crippen LogP contribution in [0.1, 0.15) is 57.1 Å². The Morgan fingerprint density at radius 3 is 2.33 bits per heavy atom. The highest BCUT2D eigenvalue weighted by atomic mass is 16.7. The van der Waals surface area contributed by atoms with Gasteiger partial charge in [-0.25, -0.2) is 0 Å². The fourth-order valence-electron chi connectivity index (χ4n) is 3.28. The van der Waals surface area contributed by atoms with Gasteiger partial charge >= 0.3 is 0 Å². The number of nitrogens with one attached hydrogen (secondary N) is 2. The maximum absolute atomic E-state index is 12.6. The summed E-state index contributed by atoms with van der Waals surface area (Å²) in [6.45, 7) is 9.35. The predicted molar refractivity (Wildman–Crippen MR) is 109 cm³/mol. The lowest BCUT2D eigenvalue weighted by Crippen LogP contribution is -2.19. The minimum absolute atomic E-state index is 0.00208. The van der Waals surface area contributed by atoms with E-state index in [4.69, 9.17) is 9.47 Å². The van der Waals surface area contributed by atoms with E-state index in [0.29, 0.717) is 30.6 Å². The van der Waals surface area contributed by atoms with Gasteiger partial charge in [-0.15, -0.1) is 0 Å². The summed E-state index contributed by atoms with van der Waals surface area (Å²) in [6, 6.07) is 12.0. The van der Waals surface area contributed by atoms with Crippen molar-refractivity contribution in [1.29, 1.82) is 0 Å². The number of carbonyl (C=O) groups excluding carboxylic acids is 1. The first-order valence-corrected chi connectivity index (χ1v) is 9.52. The van der Waals surface area contributed by atoms with Gasteiger partial charge in [-0.3, -0.25) is 4.79 Å². The van der Waals surface area contributed by atoms with Crippen LogP contribution in [-0.2, 0) is 4.79 Å². The summed E-state index contributed by atoms with van der Waals surface area (Å²) >= 11 is 0. The molecule has 5 nitrogen and oxygen atoms in total. The van der Waals surface area contributed by atoms with Gasteiger partial charge < -0.3 is 20.1 Å². The van der Waals surface area contributed by atoms with Crippen LogP contribution in [0.25, 0.3) is 0 Å². The molecule has 1 amide bonds. The molecule has 27 heavy (non-hydrogen) atoms. The van der Waals surface area contributed by atoms with Crippen molar-refractivity contribution in [2.75, 3.05) is 24.0 Å². The molecular formula is C22H28N2O3. The Bertz CT molecular complexity index is 789. The second-order valence-electron chi connectivity index (χ2n) is 7.39. The molecule has 3 rings (SSSR count). The normalized spacial score (nSPS) is 12.5. The number of anilines is 2. The average Bonchev–Trinajstić information content (AvgIpc) is 3.11. The molecular weight excluding hydrogens is 340 g/mol. The molecule has 5 heteroatoms. The summed E-state index contributed by atoms with van der Waals surface area (Å²) in [6.07, 6.45) is 0.370. The van der Waals surface area contributed by atoms with Gasteiger partial charge in [-0.05, 0) is 35.1 Å². The molecule has 0 radical (unpaired) electrons. The second kappa shape index (κ2) is 8.33. The second-order valence-corrected chi connectivity index (χ2v) is 7.39. The highest BCUT2D eigenvalue weighted by Gasteiger charge is 2.18. The fourth-order valence-corrected chi connectivity index (χ4v) is 3.28. The van der Waals surface area contributed by atoms with Crippen molar-refractivity contribution >= 4 is 17.3 Å². The van der Waals surface area contributed by atoms with Crippen LogP contribution in [0.15, 0.2) is 36.4 Å². The molecule has 1 aliphatic heterocycles. The third-order valence-electron chi connectivity index (χ3n) is 4.70.